The van der Waals surface area contributed by atoms with Crippen molar-refractivity contribution in [1.29, 1.82) is 0 Å². The third-order valence-corrected chi connectivity index (χ3v) is 5.40. The van der Waals surface area contributed by atoms with Crippen molar-refractivity contribution in [3.8, 4) is 0 Å². The first-order valence-electron chi connectivity index (χ1n) is 4.77. The quantitative estimate of drug-likeness (QED) is 0.555. The molecule has 0 aromatic rings. The van der Waals surface area contributed by atoms with Crippen molar-refractivity contribution in [2.75, 3.05) is 0 Å². The third-order valence-electron chi connectivity index (χ3n) is 4.76. The zero-order valence-electron chi connectivity index (χ0n) is 8.04. The lowest BCUT2D eigenvalue weighted by atomic mass is 9.70. The smallest absolute Gasteiger partial charge is 0.0717 e. The molecule has 2 rings (SSSR count). The number of aliphatic hydroxyl groups is 1. The highest BCUT2D eigenvalue weighted by atomic mass is 32.1. The maximum Gasteiger partial charge on any atom is 0.0717 e. The molecule has 0 amide bonds. The van der Waals surface area contributed by atoms with Crippen molar-refractivity contribution < 1.29 is 5.11 Å². The lowest BCUT2D eigenvalue weighted by Crippen LogP contribution is -2.37. The van der Waals surface area contributed by atoms with Crippen LogP contribution in [0.5, 0.6) is 0 Å². The largest absolute Gasteiger partial charge is 0.391 e. The minimum absolute atomic E-state index is 0.115. The Morgan fingerprint density at radius 3 is 2.17 bits per heavy atom. The highest BCUT2D eigenvalue weighted by Gasteiger charge is 2.64. The van der Waals surface area contributed by atoms with Gasteiger partial charge in [0.2, 0.25) is 0 Å². The zero-order chi connectivity index (χ0) is 9.15. The summed E-state index contributed by atoms with van der Waals surface area (Å²) in [5.74, 6) is 0.612. The van der Waals surface area contributed by atoms with Gasteiger partial charge >= 0.3 is 0 Å². The fourth-order valence-electron chi connectivity index (χ4n) is 3.29. The van der Waals surface area contributed by atoms with Crippen LogP contribution in [-0.2, 0) is 0 Å². The van der Waals surface area contributed by atoms with Crippen LogP contribution in [0.2, 0.25) is 0 Å². The maximum atomic E-state index is 10.0. The minimum Gasteiger partial charge on any atom is -0.391 e. The van der Waals surface area contributed by atoms with E-state index in [0.29, 0.717) is 5.92 Å². The summed E-state index contributed by atoms with van der Waals surface area (Å²) >= 11 is 4.51. The second kappa shape index (κ2) is 2.21. The van der Waals surface area contributed by atoms with Gasteiger partial charge in [-0.2, -0.15) is 12.6 Å². The van der Waals surface area contributed by atoms with Crippen molar-refractivity contribution in [2.24, 2.45) is 16.7 Å². The predicted octanol–water partition coefficient (Wildman–Crippen LogP) is 2.10. The first kappa shape index (κ1) is 8.89. The molecule has 70 valence electrons. The molecular weight excluding hydrogens is 168 g/mol. The number of rotatable bonds is 0. The number of hydrogen-bond donors (Lipinski definition) is 2. The first-order chi connectivity index (χ1) is 5.41. The fraction of sp³-hybridized carbons (Fsp3) is 1.00. The molecule has 2 fully saturated rings. The van der Waals surface area contributed by atoms with E-state index in [1.54, 1.807) is 0 Å². The summed E-state index contributed by atoms with van der Waals surface area (Å²) in [5.41, 5.74) is 0.392. The minimum atomic E-state index is -0.199. The highest BCUT2D eigenvalue weighted by Crippen LogP contribution is 2.66. The van der Waals surface area contributed by atoms with Gasteiger partial charge in [-0.15, -0.1) is 0 Å². The summed E-state index contributed by atoms with van der Waals surface area (Å²) in [6.45, 7) is 6.78. The fourth-order valence-corrected chi connectivity index (χ4v) is 4.14. The van der Waals surface area contributed by atoms with Gasteiger partial charge in [0, 0.05) is 5.25 Å². The standard InChI is InChI=1S/C10H18OS/c1-9(2)6-4-5-10(9,3)8(11)7(6)12/h6-8,11-12H,4-5H2,1-3H3/t6-,7+,8+,10?/m1/s1. The molecule has 2 heteroatoms. The second-order valence-electron chi connectivity index (χ2n) is 5.22. The molecule has 1 nitrogen and oxygen atoms in total. The molecule has 0 radical (unpaired) electrons. The summed E-state index contributed by atoms with van der Waals surface area (Å²) in [5, 5.41) is 10.2. The zero-order valence-corrected chi connectivity index (χ0v) is 8.94. The predicted molar refractivity (Wildman–Crippen MR) is 53.4 cm³/mol. The topological polar surface area (TPSA) is 20.2 Å². The highest BCUT2D eigenvalue weighted by molar-refractivity contribution is 7.81. The summed E-state index contributed by atoms with van der Waals surface area (Å²) in [4.78, 5) is 0. The Bertz CT molecular complexity index is 214. The summed E-state index contributed by atoms with van der Waals surface area (Å²) < 4.78 is 0. The lowest BCUT2D eigenvalue weighted by Gasteiger charge is -2.36. The molecule has 12 heavy (non-hydrogen) atoms. The van der Waals surface area contributed by atoms with Crippen molar-refractivity contribution in [1.82, 2.24) is 0 Å². The summed E-state index contributed by atoms with van der Waals surface area (Å²) in [6, 6.07) is 0. The van der Waals surface area contributed by atoms with E-state index in [-0.39, 0.29) is 22.2 Å². The number of aliphatic hydroxyl groups excluding tert-OH is 1. The Morgan fingerprint density at radius 2 is 1.92 bits per heavy atom. The van der Waals surface area contributed by atoms with E-state index in [2.05, 4.69) is 33.4 Å². The van der Waals surface area contributed by atoms with Crippen LogP contribution in [0.1, 0.15) is 33.6 Å². The van der Waals surface area contributed by atoms with E-state index in [4.69, 9.17) is 0 Å². The number of hydrogen-bond acceptors (Lipinski definition) is 2. The molecule has 0 aromatic carbocycles. The monoisotopic (exact) mass is 186 g/mol. The van der Waals surface area contributed by atoms with E-state index in [9.17, 15) is 5.11 Å². The van der Waals surface area contributed by atoms with E-state index < -0.39 is 0 Å². The average Bonchev–Trinajstić information content (AvgIpc) is 2.26. The molecule has 0 heterocycles. The number of thiol groups is 1. The van der Waals surface area contributed by atoms with Crippen LogP contribution in [0.25, 0.3) is 0 Å². The van der Waals surface area contributed by atoms with E-state index in [1.807, 2.05) is 0 Å². The Morgan fingerprint density at radius 1 is 1.33 bits per heavy atom. The normalized spacial score (nSPS) is 56.2. The van der Waals surface area contributed by atoms with Gasteiger partial charge in [-0.1, -0.05) is 20.8 Å². The van der Waals surface area contributed by atoms with Crippen LogP contribution in [-0.4, -0.2) is 16.5 Å². The van der Waals surface area contributed by atoms with Crippen LogP contribution in [0, 0.1) is 16.7 Å². The van der Waals surface area contributed by atoms with E-state index in [1.165, 1.54) is 12.8 Å². The van der Waals surface area contributed by atoms with Crippen molar-refractivity contribution in [3.63, 3.8) is 0 Å². The average molecular weight is 186 g/mol. The van der Waals surface area contributed by atoms with Crippen LogP contribution < -0.4 is 0 Å². The second-order valence-corrected chi connectivity index (χ2v) is 5.82. The molecule has 2 saturated carbocycles. The molecule has 0 saturated heterocycles. The Hall–Kier alpha value is 0.310. The molecule has 2 aliphatic rings. The lowest BCUT2D eigenvalue weighted by molar-refractivity contribution is 0.0150. The van der Waals surface area contributed by atoms with Gasteiger partial charge in [-0.05, 0) is 29.6 Å². The van der Waals surface area contributed by atoms with Gasteiger partial charge in [-0.3, -0.25) is 0 Å². The van der Waals surface area contributed by atoms with Crippen molar-refractivity contribution in [3.05, 3.63) is 0 Å². The van der Waals surface area contributed by atoms with E-state index >= 15 is 0 Å². The maximum absolute atomic E-state index is 10.0. The molecule has 2 bridgehead atoms. The molecule has 0 spiro atoms. The van der Waals surface area contributed by atoms with Crippen LogP contribution in [0.15, 0.2) is 0 Å². The molecule has 4 atom stereocenters. The summed E-state index contributed by atoms with van der Waals surface area (Å²) in [6.07, 6.45) is 2.21. The van der Waals surface area contributed by atoms with Gasteiger partial charge in [0.15, 0.2) is 0 Å². The van der Waals surface area contributed by atoms with Crippen LogP contribution >= 0.6 is 12.6 Å². The molecule has 2 aliphatic carbocycles. The van der Waals surface area contributed by atoms with Gasteiger partial charge in [0.1, 0.15) is 0 Å². The van der Waals surface area contributed by atoms with Gasteiger partial charge in [0.25, 0.3) is 0 Å². The van der Waals surface area contributed by atoms with Crippen molar-refractivity contribution >= 4 is 12.6 Å². The van der Waals surface area contributed by atoms with Crippen molar-refractivity contribution in [2.45, 2.75) is 45.0 Å². The molecule has 0 aliphatic heterocycles. The number of fused-ring (bicyclic) bond motifs is 2. The van der Waals surface area contributed by atoms with Crippen LogP contribution in [0.3, 0.4) is 0 Å². The first-order valence-corrected chi connectivity index (χ1v) is 5.29. The molecular formula is C10H18OS. The third kappa shape index (κ3) is 0.717. The van der Waals surface area contributed by atoms with Crippen LogP contribution in [0.4, 0.5) is 0 Å². The van der Waals surface area contributed by atoms with E-state index in [0.717, 1.165) is 0 Å². The Kier molecular flexibility index (Phi) is 1.64. The molecule has 1 unspecified atom stereocenters. The Labute approximate surface area is 80.0 Å². The SMILES string of the molecule is CC1(C)[C@@H]2CCC1(C)[C@@H](O)[C@H]2S. The van der Waals surface area contributed by atoms with Gasteiger partial charge < -0.3 is 5.11 Å². The molecule has 0 aromatic heterocycles. The molecule has 1 N–H and O–H groups in total. The Balaban J connectivity index is 2.44. The van der Waals surface area contributed by atoms with Gasteiger partial charge in [-0.25, -0.2) is 0 Å². The summed E-state index contributed by atoms with van der Waals surface area (Å²) in [7, 11) is 0. The van der Waals surface area contributed by atoms with Gasteiger partial charge in [0.05, 0.1) is 6.10 Å².